The average Bonchev–Trinajstić information content (AvgIpc) is 3.22. The number of rotatable bonds is 9. The van der Waals surface area contributed by atoms with Gasteiger partial charge < -0.3 is 14.2 Å². The zero-order chi connectivity index (χ0) is 20.6. The molecule has 1 aromatic heterocycles. The van der Waals surface area contributed by atoms with Crippen molar-refractivity contribution < 1.29 is 23.4 Å². The maximum atomic E-state index is 13.0. The quantitative estimate of drug-likeness (QED) is 0.284. The molecule has 0 N–H and O–H groups in total. The first kappa shape index (κ1) is 20.7. The van der Waals surface area contributed by atoms with Gasteiger partial charge >= 0.3 is 0 Å². The molecule has 0 saturated heterocycles. The van der Waals surface area contributed by atoms with Crippen molar-refractivity contribution in [3.63, 3.8) is 0 Å². The van der Waals surface area contributed by atoms with Crippen LogP contribution in [0, 0.1) is 5.82 Å². The highest BCUT2D eigenvalue weighted by Crippen LogP contribution is 2.29. The first-order valence-electron chi connectivity index (χ1n) is 8.84. The summed E-state index contributed by atoms with van der Waals surface area (Å²) in [4.78, 5) is 17.0. The minimum atomic E-state index is -0.290. The smallest absolute Gasteiger partial charge is 0.186 e. The van der Waals surface area contributed by atoms with Gasteiger partial charge in [0.1, 0.15) is 17.4 Å². The Morgan fingerprint density at radius 1 is 1.10 bits per heavy atom. The highest BCUT2D eigenvalue weighted by Gasteiger charge is 2.10. The fourth-order valence-corrected chi connectivity index (χ4v) is 3.31. The summed E-state index contributed by atoms with van der Waals surface area (Å²) in [5.41, 5.74) is 1.97. The van der Waals surface area contributed by atoms with E-state index in [2.05, 4.69) is 4.98 Å². The first-order valence-corrected chi connectivity index (χ1v) is 9.72. The molecule has 0 atom stereocenters. The lowest BCUT2D eigenvalue weighted by Gasteiger charge is -2.11. The summed E-state index contributed by atoms with van der Waals surface area (Å²) in [5, 5.41) is 2.60. The summed E-state index contributed by atoms with van der Waals surface area (Å²) in [7, 11) is 3.12. The Morgan fingerprint density at radius 2 is 1.90 bits per heavy atom. The topological polar surface area (TPSA) is 57.7 Å². The minimum Gasteiger partial charge on any atom is -0.493 e. The van der Waals surface area contributed by atoms with E-state index in [1.54, 1.807) is 43.5 Å². The van der Waals surface area contributed by atoms with Crippen LogP contribution in [-0.4, -0.2) is 38.2 Å². The number of ether oxygens (including phenoxy) is 3. The maximum Gasteiger partial charge on any atom is 0.186 e. The van der Waals surface area contributed by atoms with Gasteiger partial charge in [-0.25, -0.2) is 9.37 Å². The van der Waals surface area contributed by atoms with Crippen molar-refractivity contribution in [3.05, 3.63) is 71.0 Å². The molecule has 29 heavy (non-hydrogen) atoms. The largest absolute Gasteiger partial charge is 0.493 e. The zero-order valence-corrected chi connectivity index (χ0v) is 16.9. The summed E-state index contributed by atoms with van der Waals surface area (Å²) in [6.45, 7) is 0.848. The zero-order valence-electron chi connectivity index (χ0n) is 16.1. The van der Waals surface area contributed by atoms with Crippen LogP contribution >= 0.6 is 11.3 Å². The van der Waals surface area contributed by atoms with Gasteiger partial charge in [-0.3, -0.25) is 4.79 Å². The van der Waals surface area contributed by atoms with Gasteiger partial charge in [-0.15, -0.1) is 11.3 Å². The van der Waals surface area contributed by atoms with Gasteiger partial charge in [0.2, 0.25) is 0 Å². The standard InChI is InChI=1S/C22H20FNO4S/c1-26-11-12-28-20-10-5-16(13-21(20)27-2)19(25)9-8-18-14-29-22(24-18)15-3-6-17(23)7-4-15/h3-10,13-14H,11-12H2,1-2H3. The molecular formula is C22H20FNO4S. The van der Waals surface area contributed by atoms with Crippen LogP contribution in [0.25, 0.3) is 16.6 Å². The minimum absolute atomic E-state index is 0.178. The number of hydrogen-bond acceptors (Lipinski definition) is 6. The highest BCUT2D eigenvalue weighted by molar-refractivity contribution is 7.13. The average molecular weight is 413 g/mol. The predicted molar refractivity (Wildman–Crippen MR) is 111 cm³/mol. The van der Waals surface area contributed by atoms with Gasteiger partial charge in [0.15, 0.2) is 17.3 Å². The molecule has 3 rings (SSSR count). The lowest BCUT2D eigenvalue weighted by atomic mass is 10.1. The van der Waals surface area contributed by atoms with Crippen molar-refractivity contribution in [1.29, 1.82) is 0 Å². The molecule has 5 nitrogen and oxygen atoms in total. The Morgan fingerprint density at radius 3 is 2.62 bits per heavy atom. The molecular weight excluding hydrogens is 393 g/mol. The summed E-state index contributed by atoms with van der Waals surface area (Å²) in [6, 6.07) is 11.2. The van der Waals surface area contributed by atoms with Crippen molar-refractivity contribution in [2.24, 2.45) is 0 Å². The number of methoxy groups -OCH3 is 2. The fraction of sp³-hybridized carbons (Fsp3) is 0.182. The highest BCUT2D eigenvalue weighted by atomic mass is 32.1. The number of nitrogens with zero attached hydrogens (tertiary/aromatic N) is 1. The van der Waals surface area contributed by atoms with Gasteiger partial charge in [0.05, 0.1) is 19.4 Å². The van der Waals surface area contributed by atoms with Crippen LogP contribution in [0.5, 0.6) is 11.5 Å². The number of hydrogen-bond donors (Lipinski definition) is 0. The van der Waals surface area contributed by atoms with Crippen molar-refractivity contribution in [2.45, 2.75) is 0 Å². The van der Waals surface area contributed by atoms with Crippen LogP contribution in [0.1, 0.15) is 16.1 Å². The van der Waals surface area contributed by atoms with E-state index in [-0.39, 0.29) is 11.6 Å². The van der Waals surface area contributed by atoms with E-state index in [1.165, 1.54) is 36.7 Å². The third-order valence-corrected chi connectivity index (χ3v) is 4.92. The Balaban J connectivity index is 1.69. The van der Waals surface area contributed by atoms with Crippen LogP contribution in [-0.2, 0) is 4.74 Å². The molecule has 0 aliphatic carbocycles. The summed E-state index contributed by atoms with van der Waals surface area (Å²) >= 11 is 1.43. The Kier molecular flexibility index (Phi) is 7.10. The van der Waals surface area contributed by atoms with E-state index in [1.807, 2.05) is 5.38 Å². The molecule has 0 saturated carbocycles. The normalized spacial score (nSPS) is 11.0. The van der Waals surface area contributed by atoms with Gasteiger partial charge in [0, 0.05) is 23.6 Å². The van der Waals surface area contributed by atoms with Crippen LogP contribution in [0.4, 0.5) is 4.39 Å². The number of thiazole rings is 1. The van der Waals surface area contributed by atoms with Crippen LogP contribution in [0.3, 0.4) is 0 Å². The van der Waals surface area contributed by atoms with Gasteiger partial charge in [-0.1, -0.05) is 0 Å². The van der Waals surface area contributed by atoms with E-state index < -0.39 is 0 Å². The molecule has 0 unspecified atom stereocenters. The van der Waals surface area contributed by atoms with Crippen molar-refractivity contribution in [3.8, 4) is 22.1 Å². The van der Waals surface area contributed by atoms with Crippen LogP contribution < -0.4 is 9.47 Å². The van der Waals surface area contributed by atoms with Crippen LogP contribution in [0.2, 0.25) is 0 Å². The molecule has 0 aliphatic rings. The van der Waals surface area contributed by atoms with Gasteiger partial charge in [-0.2, -0.15) is 0 Å². The molecule has 0 aliphatic heterocycles. The summed E-state index contributed by atoms with van der Waals surface area (Å²) in [6.07, 6.45) is 3.12. The van der Waals surface area contributed by atoms with E-state index in [4.69, 9.17) is 14.2 Å². The van der Waals surface area contributed by atoms with Crippen molar-refractivity contribution in [2.75, 3.05) is 27.4 Å². The van der Waals surface area contributed by atoms with E-state index in [0.29, 0.717) is 36.0 Å². The number of halogens is 1. The lowest BCUT2D eigenvalue weighted by Crippen LogP contribution is -2.06. The first-order chi connectivity index (χ1) is 14.1. The predicted octanol–water partition coefficient (Wildman–Crippen LogP) is 4.88. The second-order valence-electron chi connectivity index (χ2n) is 5.99. The number of carbonyl (C=O) groups excluding carboxylic acids is 1. The molecule has 150 valence electrons. The fourth-order valence-electron chi connectivity index (χ4n) is 2.52. The van der Waals surface area contributed by atoms with E-state index >= 15 is 0 Å². The number of allylic oxidation sites excluding steroid dienone is 1. The van der Waals surface area contributed by atoms with E-state index in [0.717, 1.165) is 10.6 Å². The number of benzene rings is 2. The van der Waals surface area contributed by atoms with Crippen molar-refractivity contribution >= 4 is 23.2 Å². The third kappa shape index (κ3) is 5.49. The summed E-state index contributed by atoms with van der Waals surface area (Å²) < 4.78 is 28.9. The second kappa shape index (κ2) is 9.95. The van der Waals surface area contributed by atoms with Gasteiger partial charge in [-0.05, 0) is 54.6 Å². The molecule has 7 heteroatoms. The number of aromatic nitrogens is 1. The Labute approximate surface area is 172 Å². The SMILES string of the molecule is COCCOc1ccc(C(=O)C=Cc2csc(-c3ccc(F)cc3)n2)cc1OC. The van der Waals surface area contributed by atoms with Crippen LogP contribution in [0.15, 0.2) is 53.9 Å². The molecule has 0 fully saturated rings. The number of ketones is 1. The molecule has 2 aromatic carbocycles. The van der Waals surface area contributed by atoms with Gasteiger partial charge in [0.25, 0.3) is 0 Å². The third-order valence-electron chi connectivity index (χ3n) is 4.01. The molecule has 0 radical (unpaired) electrons. The second-order valence-corrected chi connectivity index (χ2v) is 6.85. The maximum absolute atomic E-state index is 13.0. The molecule has 0 bridgehead atoms. The monoisotopic (exact) mass is 413 g/mol. The molecule has 0 spiro atoms. The molecule has 3 aromatic rings. The Bertz CT molecular complexity index is 998. The van der Waals surface area contributed by atoms with E-state index in [9.17, 15) is 9.18 Å². The lowest BCUT2D eigenvalue weighted by molar-refractivity contribution is 0.104. The Hall–Kier alpha value is -3.03. The summed E-state index contributed by atoms with van der Waals surface area (Å²) in [5.74, 6) is 0.561. The number of carbonyl (C=O) groups is 1. The van der Waals surface area contributed by atoms with Crippen molar-refractivity contribution in [1.82, 2.24) is 4.98 Å². The molecule has 0 amide bonds. The molecule has 1 heterocycles.